The van der Waals surface area contributed by atoms with E-state index in [0.717, 1.165) is 37.4 Å². The molecule has 0 bridgehead atoms. The van der Waals surface area contributed by atoms with E-state index in [1.165, 1.54) is 25.7 Å². The van der Waals surface area contributed by atoms with E-state index in [0.29, 0.717) is 11.5 Å². The summed E-state index contributed by atoms with van der Waals surface area (Å²) in [5.74, 6) is 0.782. The molecule has 0 radical (unpaired) electrons. The smallest absolute Gasteiger partial charge is 0.150 e. The van der Waals surface area contributed by atoms with Crippen molar-refractivity contribution < 1.29 is 8.42 Å². The summed E-state index contributed by atoms with van der Waals surface area (Å²) in [4.78, 5) is 0. The summed E-state index contributed by atoms with van der Waals surface area (Å²) in [5, 5.41) is 0.840. The fourth-order valence-corrected chi connectivity index (χ4v) is 6.04. The van der Waals surface area contributed by atoms with E-state index in [2.05, 4.69) is 22.9 Å². The standard InChI is InChI=1S/C14H27BrO2S/c1-2-3-8-11-18(16,17)13-14(12-15)9-6-4-5-7-10-14/h2-13H2,1H3. The Bertz CT molecular complexity index is 317. The van der Waals surface area contributed by atoms with Gasteiger partial charge in [-0.15, -0.1) is 0 Å². The molecule has 0 atom stereocenters. The van der Waals surface area contributed by atoms with Crippen molar-refractivity contribution >= 4 is 25.8 Å². The van der Waals surface area contributed by atoms with Crippen molar-refractivity contribution in [2.45, 2.75) is 64.7 Å². The maximum atomic E-state index is 12.2. The first-order valence-electron chi connectivity index (χ1n) is 7.30. The Morgan fingerprint density at radius 3 is 2.17 bits per heavy atom. The van der Waals surface area contributed by atoms with Gasteiger partial charge in [-0.1, -0.05) is 61.4 Å². The lowest BCUT2D eigenvalue weighted by atomic mass is 9.85. The maximum absolute atomic E-state index is 12.2. The van der Waals surface area contributed by atoms with E-state index < -0.39 is 9.84 Å². The molecular formula is C14H27BrO2S. The first kappa shape index (κ1) is 16.5. The zero-order chi connectivity index (χ0) is 13.5. The molecule has 0 N–H and O–H groups in total. The second-order valence-electron chi connectivity index (χ2n) is 5.85. The topological polar surface area (TPSA) is 34.1 Å². The second-order valence-corrected chi connectivity index (χ2v) is 8.59. The Balaban J connectivity index is 2.59. The number of hydrogen-bond donors (Lipinski definition) is 0. The van der Waals surface area contributed by atoms with Crippen LogP contribution in [0.2, 0.25) is 0 Å². The monoisotopic (exact) mass is 338 g/mol. The SMILES string of the molecule is CCCCCS(=O)(=O)CC1(CBr)CCCCCC1. The van der Waals surface area contributed by atoms with Gasteiger partial charge in [0.25, 0.3) is 0 Å². The lowest BCUT2D eigenvalue weighted by Crippen LogP contribution is -2.32. The van der Waals surface area contributed by atoms with E-state index in [9.17, 15) is 8.42 Å². The first-order valence-corrected chi connectivity index (χ1v) is 10.2. The molecule has 1 fully saturated rings. The summed E-state index contributed by atoms with van der Waals surface area (Å²) in [5.41, 5.74) is 0.0154. The van der Waals surface area contributed by atoms with E-state index in [4.69, 9.17) is 0 Å². The zero-order valence-electron chi connectivity index (χ0n) is 11.6. The molecule has 1 aliphatic carbocycles. The van der Waals surface area contributed by atoms with Gasteiger partial charge in [0.05, 0.1) is 11.5 Å². The second kappa shape index (κ2) is 7.88. The van der Waals surface area contributed by atoms with Crippen molar-refractivity contribution in [3.05, 3.63) is 0 Å². The number of unbranched alkanes of at least 4 members (excludes halogenated alkanes) is 2. The molecule has 1 aliphatic rings. The number of rotatable bonds is 7. The highest BCUT2D eigenvalue weighted by Gasteiger charge is 2.34. The van der Waals surface area contributed by atoms with E-state index in [-0.39, 0.29) is 5.41 Å². The van der Waals surface area contributed by atoms with Crippen LogP contribution in [0.4, 0.5) is 0 Å². The lowest BCUT2D eigenvalue weighted by molar-refractivity contribution is 0.327. The van der Waals surface area contributed by atoms with Gasteiger partial charge in [0.2, 0.25) is 0 Å². The van der Waals surface area contributed by atoms with Crippen LogP contribution in [0, 0.1) is 5.41 Å². The predicted octanol–water partition coefficient (Wildman–Crippen LogP) is 4.33. The van der Waals surface area contributed by atoms with Crippen LogP contribution in [0.25, 0.3) is 0 Å². The van der Waals surface area contributed by atoms with Crippen LogP contribution in [0.1, 0.15) is 64.7 Å². The van der Waals surface area contributed by atoms with Crippen LogP contribution in [0.15, 0.2) is 0 Å². The molecule has 0 unspecified atom stereocenters. The van der Waals surface area contributed by atoms with Crippen LogP contribution in [-0.4, -0.2) is 25.3 Å². The van der Waals surface area contributed by atoms with Gasteiger partial charge in [0.1, 0.15) is 0 Å². The molecule has 0 spiro atoms. The average molecular weight is 339 g/mol. The molecule has 108 valence electrons. The van der Waals surface area contributed by atoms with Crippen molar-refractivity contribution in [1.82, 2.24) is 0 Å². The maximum Gasteiger partial charge on any atom is 0.150 e. The number of hydrogen-bond acceptors (Lipinski definition) is 2. The Kier molecular flexibility index (Phi) is 7.22. The van der Waals surface area contributed by atoms with Gasteiger partial charge in [0.15, 0.2) is 9.84 Å². The van der Waals surface area contributed by atoms with Crippen LogP contribution < -0.4 is 0 Å². The summed E-state index contributed by atoms with van der Waals surface area (Å²) >= 11 is 3.57. The summed E-state index contributed by atoms with van der Waals surface area (Å²) < 4.78 is 24.5. The first-order chi connectivity index (χ1) is 8.54. The van der Waals surface area contributed by atoms with Gasteiger partial charge in [0, 0.05) is 5.33 Å². The Labute approximate surface area is 121 Å². The van der Waals surface area contributed by atoms with Gasteiger partial charge < -0.3 is 0 Å². The Morgan fingerprint density at radius 2 is 1.67 bits per heavy atom. The van der Waals surface area contributed by atoms with Crippen LogP contribution in [-0.2, 0) is 9.84 Å². The van der Waals surface area contributed by atoms with Crippen molar-refractivity contribution in [3.63, 3.8) is 0 Å². The average Bonchev–Trinajstić information content (AvgIpc) is 2.55. The highest BCUT2D eigenvalue weighted by Crippen LogP contribution is 2.38. The number of alkyl halides is 1. The number of sulfone groups is 1. The van der Waals surface area contributed by atoms with E-state index in [1.807, 2.05) is 0 Å². The quantitative estimate of drug-likeness (QED) is 0.393. The number of halogens is 1. The van der Waals surface area contributed by atoms with E-state index in [1.54, 1.807) is 0 Å². The molecular weight excluding hydrogens is 312 g/mol. The fourth-order valence-electron chi connectivity index (χ4n) is 2.91. The highest BCUT2D eigenvalue weighted by molar-refractivity contribution is 9.09. The van der Waals surface area contributed by atoms with E-state index >= 15 is 0 Å². The minimum Gasteiger partial charge on any atom is -0.229 e. The third kappa shape index (κ3) is 5.60. The van der Waals surface area contributed by atoms with Gasteiger partial charge in [-0.2, -0.15) is 0 Å². The lowest BCUT2D eigenvalue weighted by Gasteiger charge is -2.30. The minimum absolute atomic E-state index is 0.0154. The van der Waals surface area contributed by atoms with Gasteiger partial charge >= 0.3 is 0 Å². The van der Waals surface area contributed by atoms with Gasteiger partial charge in [-0.3, -0.25) is 0 Å². The van der Waals surface area contributed by atoms with Crippen molar-refractivity contribution in [3.8, 4) is 0 Å². The molecule has 4 heteroatoms. The zero-order valence-corrected chi connectivity index (χ0v) is 14.0. The largest absolute Gasteiger partial charge is 0.229 e. The third-order valence-corrected chi connectivity index (χ3v) is 7.19. The molecule has 0 aromatic carbocycles. The molecule has 18 heavy (non-hydrogen) atoms. The molecule has 0 heterocycles. The molecule has 0 aliphatic heterocycles. The summed E-state index contributed by atoms with van der Waals surface area (Å²) in [6, 6.07) is 0. The minimum atomic E-state index is -2.87. The Hall–Kier alpha value is 0.430. The van der Waals surface area contributed by atoms with Crippen LogP contribution in [0.3, 0.4) is 0 Å². The fraction of sp³-hybridized carbons (Fsp3) is 1.00. The Morgan fingerprint density at radius 1 is 1.06 bits per heavy atom. The summed E-state index contributed by atoms with van der Waals surface area (Å²) in [6.07, 6.45) is 10.0. The summed E-state index contributed by atoms with van der Waals surface area (Å²) in [6.45, 7) is 2.11. The molecule has 2 nitrogen and oxygen atoms in total. The van der Waals surface area contributed by atoms with Crippen molar-refractivity contribution in [1.29, 1.82) is 0 Å². The molecule has 1 saturated carbocycles. The normalized spacial score (nSPS) is 20.6. The predicted molar refractivity (Wildman–Crippen MR) is 82.1 cm³/mol. The van der Waals surface area contributed by atoms with Crippen LogP contribution in [0.5, 0.6) is 0 Å². The molecule has 0 amide bonds. The van der Waals surface area contributed by atoms with Crippen molar-refractivity contribution in [2.24, 2.45) is 5.41 Å². The third-order valence-electron chi connectivity index (χ3n) is 4.03. The van der Waals surface area contributed by atoms with Gasteiger partial charge in [-0.05, 0) is 24.7 Å². The van der Waals surface area contributed by atoms with Crippen LogP contribution >= 0.6 is 15.9 Å². The molecule has 0 aromatic heterocycles. The molecule has 0 aromatic rings. The van der Waals surface area contributed by atoms with Crippen molar-refractivity contribution in [2.75, 3.05) is 16.8 Å². The highest BCUT2D eigenvalue weighted by atomic mass is 79.9. The summed E-state index contributed by atoms with van der Waals surface area (Å²) in [7, 11) is -2.87. The van der Waals surface area contributed by atoms with Gasteiger partial charge in [-0.25, -0.2) is 8.42 Å². The molecule has 0 saturated heterocycles. The molecule has 1 rings (SSSR count).